The SMILES string of the molecule is C=CCNC(=O)C(C)NCc1ccc(C)o1. The third-order valence-electron chi connectivity index (χ3n) is 2.19. The lowest BCUT2D eigenvalue weighted by molar-refractivity contribution is -0.122. The van der Waals surface area contributed by atoms with Gasteiger partial charge in [-0.05, 0) is 26.0 Å². The highest BCUT2D eigenvalue weighted by atomic mass is 16.3. The van der Waals surface area contributed by atoms with Gasteiger partial charge in [-0.3, -0.25) is 10.1 Å². The number of carbonyl (C=O) groups excluding carboxylic acids is 1. The molecule has 16 heavy (non-hydrogen) atoms. The van der Waals surface area contributed by atoms with E-state index in [0.717, 1.165) is 11.5 Å². The maximum atomic E-state index is 11.5. The monoisotopic (exact) mass is 222 g/mol. The predicted molar refractivity (Wildman–Crippen MR) is 63.0 cm³/mol. The van der Waals surface area contributed by atoms with Gasteiger partial charge >= 0.3 is 0 Å². The van der Waals surface area contributed by atoms with E-state index in [1.165, 1.54) is 0 Å². The van der Waals surface area contributed by atoms with Crippen molar-refractivity contribution in [1.82, 2.24) is 10.6 Å². The second-order valence-corrected chi connectivity index (χ2v) is 3.65. The number of rotatable bonds is 6. The molecule has 1 aromatic heterocycles. The van der Waals surface area contributed by atoms with Crippen LogP contribution in [0.25, 0.3) is 0 Å². The largest absolute Gasteiger partial charge is 0.465 e. The summed E-state index contributed by atoms with van der Waals surface area (Å²) in [4.78, 5) is 11.5. The normalized spacial score (nSPS) is 12.1. The Bertz CT molecular complexity index is 358. The van der Waals surface area contributed by atoms with Gasteiger partial charge in [0.05, 0.1) is 12.6 Å². The van der Waals surface area contributed by atoms with Crippen LogP contribution in [-0.4, -0.2) is 18.5 Å². The number of aryl methyl sites for hydroxylation is 1. The van der Waals surface area contributed by atoms with Gasteiger partial charge in [-0.25, -0.2) is 0 Å². The lowest BCUT2D eigenvalue weighted by atomic mass is 10.3. The Hall–Kier alpha value is -1.55. The molecule has 0 saturated carbocycles. The second kappa shape index (κ2) is 6.12. The molecule has 0 spiro atoms. The zero-order valence-electron chi connectivity index (χ0n) is 9.75. The first-order valence-electron chi connectivity index (χ1n) is 5.30. The van der Waals surface area contributed by atoms with Crippen molar-refractivity contribution in [3.8, 4) is 0 Å². The molecule has 88 valence electrons. The zero-order valence-corrected chi connectivity index (χ0v) is 9.75. The van der Waals surface area contributed by atoms with E-state index >= 15 is 0 Å². The Balaban J connectivity index is 2.31. The van der Waals surface area contributed by atoms with Crippen LogP contribution in [0.2, 0.25) is 0 Å². The molecule has 1 heterocycles. The van der Waals surface area contributed by atoms with Crippen LogP contribution in [0.4, 0.5) is 0 Å². The van der Waals surface area contributed by atoms with Crippen molar-refractivity contribution in [3.63, 3.8) is 0 Å². The van der Waals surface area contributed by atoms with Crippen LogP contribution in [-0.2, 0) is 11.3 Å². The lowest BCUT2D eigenvalue weighted by Gasteiger charge is -2.12. The first kappa shape index (κ1) is 12.5. The fourth-order valence-corrected chi connectivity index (χ4v) is 1.25. The minimum Gasteiger partial charge on any atom is -0.465 e. The molecule has 0 radical (unpaired) electrons. The number of carbonyl (C=O) groups is 1. The maximum absolute atomic E-state index is 11.5. The van der Waals surface area contributed by atoms with Gasteiger partial charge in [-0.1, -0.05) is 6.08 Å². The van der Waals surface area contributed by atoms with Crippen LogP contribution in [0.5, 0.6) is 0 Å². The van der Waals surface area contributed by atoms with Crippen molar-refractivity contribution >= 4 is 5.91 Å². The summed E-state index contributed by atoms with van der Waals surface area (Å²) < 4.78 is 5.38. The van der Waals surface area contributed by atoms with E-state index in [1.54, 1.807) is 6.08 Å². The highest BCUT2D eigenvalue weighted by Crippen LogP contribution is 2.05. The Morgan fingerprint density at radius 2 is 2.38 bits per heavy atom. The van der Waals surface area contributed by atoms with Gasteiger partial charge in [0.2, 0.25) is 5.91 Å². The van der Waals surface area contributed by atoms with Gasteiger partial charge in [0.1, 0.15) is 11.5 Å². The fraction of sp³-hybridized carbons (Fsp3) is 0.417. The summed E-state index contributed by atoms with van der Waals surface area (Å²) in [6.07, 6.45) is 1.65. The summed E-state index contributed by atoms with van der Waals surface area (Å²) in [7, 11) is 0. The molecule has 0 fully saturated rings. The average Bonchev–Trinajstić information content (AvgIpc) is 2.68. The first-order valence-corrected chi connectivity index (χ1v) is 5.30. The molecule has 4 heteroatoms. The number of furan rings is 1. The molecule has 1 atom stereocenters. The van der Waals surface area contributed by atoms with E-state index in [2.05, 4.69) is 17.2 Å². The molecule has 0 saturated heterocycles. The molecule has 4 nitrogen and oxygen atoms in total. The summed E-state index contributed by atoms with van der Waals surface area (Å²) in [5.74, 6) is 1.67. The van der Waals surface area contributed by atoms with Crippen LogP contribution in [0.3, 0.4) is 0 Å². The summed E-state index contributed by atoms with van der Waals surface area (Å²) in [5, 5.41) is 5.80. The van der Waals surface area contributed by atoms with Crippen LogP contribution in [0, 0.1) is 6.92 Å². The minimum absolute atomic E-state index is 0.0387. The van der Waals surface area contributed by atoms with Gasteiger partial charge in [0.25, 0.3) is 0 Å². The molecule has 0 aliphatic heterocycles. The Labute approximate surface area is 95.7 Å². The number of nitrogens with one attached hydrogen (secondary N) is 2. The van der Waals surface area contributed by atoms with Crippen LogP contribution in [0.1, 0.15) is 18.4 Å². The van der Waals surface area contributed by atoms with Crippen LogP contribution in [0.15, 0.2) is 29.2 Å². The highest BCUT2D eigenvalue weighted by Gasteiger charge is 2.11. The van der Waals surface area contributed by atoms with Gasteiger partial charge in [0, 0.05) is 6.54 Å². The van der Waals surface area contributed by atoms with Crippen molar-refractivity contribution in [2.75, 3.05) is 6.54 Å². The summed E-state index contributed by atoms with van der Waals surface area (Å²) in [5.41, 5.74) is 0. The van der Waals surface area contributed by atoms with Crippen molar-refractivity contribution in [2.45, 2.75) is 26.4 Å². The Morgan fingerprint density at radius 3 is 2.94 bits per heavy atom. The highest BCUT2D eigenvalue weighted by molar-refractivity contribution is 5.81. The standard InChI is InChI=1S/C12H18N2O2/c1-4-7-13-12(15)10(3)14-8-11-6-5-9(2)16-11/h4-6,10,14H,1,7-8H2,2-3H3,(H,13,15). The number of hydrogen-bond donors (Lipinski definition) is 2. The van der Waals surface area contributed by atoms with Crippen LogP contribution < -0.4 is 10.6 Å². The molecular weight excluding hydrogens is 204 g/mol. The van der Waals surface area contributed by atoms with Gasteiger partial charge < -0.3 is 9.73 Å². The molecule has 1 unspecified atom stereocenters. The molecule has 0 aliphatic rings. The molecule has 2 N–H and O–H groups in total. The van der Waals surface area contributed by atoms with E-state index in [4.69, 9.17) is 4.42 Å². The minimum atomic E-state index is -0.245. The van der Waals surface area contributed by atoms with Gasteiger partial charge in [-0.15, -0.1) is 6.58 Å². The molecule has 0 bridgehead atoms. The molecule has 1 aromatic rings. The molecule has 1 rings (SSSR count). The lowest BCUT2D eigenvalue weighted by Crippen LogP contribution is -2.41. The van der Waals surface area contributed by atoms with E-state index in [-0.39, 0.29) is 11.9 Å². The van der Waals surface area contributed by atoms with Crippen molar-refractivity contribution in [1.29, 1.82) is 0 Å². The van der Waals surface area contributed by atoms with Gasteiger partial charge in [0.15, 0.2) is 0 Å². The third-order valence-corrected chi connectivity index (χ3v) is 2.19. The Kier molecular flexibility index (Phi) is 4.79. The average molecular weight is 222 g/mol. The zero-order chi connectivity index (χ0) is 12.0. The van der Waals surface area contributed by atoms with E-state index < -0.39 is 0 Å². The van der Waals surface area contributed by atoms with Gasteiger partial charge in [-0.2, -0.15) is 0 Å². The smallest absolute Gasteiger partial charge is 0.237 e. The van der Waals surface area contributed by atoms with E-state index in [1.807, 2.05) is 26.0 Å². The fourth-order valence-electron chi connectivity index (χ4n) is 1.25. The number of amides is 1. The Morgan fingerprint density at radius 1 is 1.62 bits per heavy atom. The number of hydrogen-bond acceptors (Lipinski definition) is 3. The summed E-state index contributed by atoms with van der Waals surface area (Å²) in [6.45, 7) is 8.29. The first-order chi connectivity index (χ1) is 7.63. The molecule has 0 aromatic carbocycles. The van der Waals surface area contributed by atoms with E-state index in [0.29, 0.717) is 13.1 Å². The summed E-state index contributed by atoms with van der Waals surface area (Å²) >= 11 is 0. The summed E-state index contributed by atoms with van der Waals surface area (Å²) in [6, 6.07) is 3.56. The quantitative estimate of drug-likeness (QED) is 0.715. The maximum Gasteiger partial charge on any atom is 0.237 e. The second-order valence-electron chi connectivity index (χ2n) is 3.65. The van der Waals surface area contributed by atoms with Crippen LogP contribution >= 0.6 is 0 Å². The molecule has 0 aliphatic carbocycles. The van der Waals surface area contributed by atoms with Crippen molar-refractivity contribution < 1.29 is 9.21 Å². The molecule has 1 amide bonds. The third kappa shape index (κ3) is 3.90. The molecular formula is C12H18N2O2. The van der Waals surface area contributed by atoms with Crippen molar-refractivity contribution in [2.24, 2.45) is 0 Å². The predicted octanol–water partition coefficient (Wildman–Crippen LogP) is 1.37. The topological polar surface area (TPSA) is 54.3 Å². The van der Waals surface area contributed by atoms with E-state index in [9.17, 15) is 4.79 Å². The van der Waals surface area contributed by atoms with Crippen molar-refractivity contribution in [3.05, 3.63) is 36.3 Å².